The molecule has 2 aromatic rings. The highest BCUT2D eigenvalue weighted by Gasteiger charge is 2.24. The first kappa shape index (κ1) is 24.5. The molecule has 0 heterocycles. The van der Waals surface area contributed by atoms with Gasteiger partial charge in [0.25, 0.3) is 0 Å². The van der Waals surface area contributed by atoms with Crippen LogP contribution in [-0.2, 0) is 32.2 Å². The van der Waals surface area contributed by atoms with Crippen LogP contribution in [0.1, 0.15) is 27.9 Å². The van der Waals surface area contributed by atoms with Crippen molar-refractivity contribution in [2.45, 2.75) is 25.6 Å². The van der Waals surface area contributed by atoms with Gasteiger partial charge in [-0.2, -0.15) is 0 Å². The number of benzene rings is 2. The zero-order valence-corrected chi connectivity index (χ0v) is 17.3. The molecule has 2 aromatic carbocycles. The van der Waals surface area contributed by atoms with Crippen LogP contribution in [0.15, 0.2) is 48.5 Å². The second kappa shape index (κ2) is 12.2. The SMILES string of the molecule is COC(=O)C[C@H](NC(=O)OCc1ccccc1)C(=O)CNCc1cc(C(=O)O)ccc1F. The van der Waals surface area contributed by atoms with Gasteiger partial charge in [-0.1, -0.05) is 30.3 Å². The molecule has 0 unspecified atom stereocenters. The van der Waals surface area contributed by atoms with Gasteiger partial charge in [0.15, 0.2) is 5.78 Å². The highest BCUT2D eigenvalue weighted by Crippen LogP contribution is 2.11. The van der Waals surface area contributed by atoms with Crippen LogP contribution >= 0.6 is 0 Å². The molecular weight excluding hydrogens is 423 g/mol. The number of methoxy groups -OCH3 is 1. The van der Waals surface area contributed by atoms with Gasteiger partial charge in [-0.15, -0.1) is 0 Å². The summed E-state index contributed by atoms with van der Waals surface area (Å²) in [5.74, 6) is -3.13. The number of ketones is 1. The highest BCUT2D eigenvalue weighted by molar-refractivity contribution is 5.92. The second-order valence-electron chi connectivity index (χ2n) is 6.72. The minimum Gasteiger partial charge on any atom is -0.478 e. The van der Waals surface area contributed by atoms with Gasteiger partial charge in [0, 0.05) is 12.1 Å². The lowest BCUT2D eigenvalue weighted by Gasteiger charge is -2.17. The molecule has 1 amide bonds. The van der Waals surface area contributed by atoms with E-state index in [-0.39, 0.29) is 30.8 Å². The molecule has 170 valence electrons. The van der Waals surface area contributed by atoms with E-state index < -0.39 is 42.1 Å². The summed E-state index contributed by atoms with van der Waals surface area (Å²) >= 11 is 0. The summed E-state index contributed by atoms with van der Waals surface area (Å²) in [6, 6.07) is 11.0. The number of aromatic carboxylic acids is 1. The minimum absolute atomic E-state index is 0.0246. The Morgan fingerprint density at radius 3 is 2.47 bits per heavy atom. The van der Waals surface area contributed by atoms with Gasteiger partial charge in [0.05, 0.1) is 25.6 Å². The van der Waals surface area contributed by atoms with E-state index in [4.69, 9.17) is 9.84 Å². The standard InChI is InChI=1S/C22H23FN2O7/c1-31-20(27)10-18(25-22(30)32-13-14-5-3-2-4-6-14)19(26)12-24-11-16-9-15(21(28)29)7-8-17(16)23/h2-9,18,24H,10-13H2,1H3,(H,25,30)(H,28,29)/t18-/m0/s1. The van der Waals surface area contributed by atoms with Crippen molar-refractivity contribution in [3.8, 4) is 0 Å². The highest BCUT2D eigenvalue weighted by atomic mass is 19.1. The molecule has 1 atom stereocenters. The van der Waals surface area contributed by atoms with Crippen molar-refractivity contribution >= 4 is 23.8 Å². The number of hydrogen-bond acceptors (Lipinski definition) is 7. The van der Waals surface area contributed by atoms with Crippen molar-refractivity contribution < 1.29 is 38.1 Å². The largest absolute Gasteiger partial charge is 0.478 e. The van der Waals surface area contributed by atoms with Crippen LogP contribution in [0.2, 0.25) is 0 Å². The molecule has 0 saturated heterocycles. The molecule has 10 heteroatoms. The van der Waals surface area contributed by atoms with Gasteiger partial charge in [-0.3, -0.25) is 9.59 Å². The van der Waals surface area contributed by atoms with Crippen LogP contribution < -0.4 is 10.6 Å². The number of ether oxygens (including phenoxy) is 2. The summed E-state index contributed by atoms with van der Waals surface area (Å²) in [6.45, 7) is -0.483. The Kier molecular flexibility index (Phi) is 9.30. The monoisotopic (exact) mass is 446 g/mol. The van der Waals surface area contributed by atoms with Crippen molar-refractivity contribution in [2.24, 2.45) is 0 Å². The maximum absolute atomic E-state index is 13.9. The van der Waals surface area contributed by atoms with Crippen LogP contribution in [0, 0.1) is 5.82 Å². The number of esters is 1. The third-order valence-electron chi connectivity index (χ3n) is 4.40. The first-order valence-corrected chi connectivity index (χ1v) is 9.59. The van der Waals surface area contributed by atoms with Crippen LogP contribution in [0.4, 0.5) is 9.18 Å². The minimum atomic E-state index is -1.23. The number of carboxylic acids is 1. The van der Waals surface area contributed by atoms with E-state index in [1.807, 2.05) is 6.07 Å². The summed E-state index contributed by atoms with van der Waals surface area (Å²) in [6.07, 6.45) is -1.31. The summed E-state index contributed by atoms with van der Waals surface area (Å²) in [7, 11) is 1.15. The Bertz CT molecular complexity index is 966. The molecule has 0 saturated carbocycles. The smallest absolute Gasteiger partial charge is 0.408 e. The van der Waals surface area contributed by atoms with Gasteiger partial charge in [0.2, 0.25) is 0 Å². The molecular formula is C22H23FN2O7. The van der Waals surface area contributed by atoms with Crippen LogP contribution in [0.3, 0.4) is 0 Å². The van der Waals surface area contributed by atoms with E-state index in [1.54, 1.807) is 24.3 Å². The van der Waals surface area contributed by atoms with E-state index in [2.05, 4.69) is 15.4 Å². The Balaban J connectivity index is 1.93. The van der Waals surface area contributed by atoms with Crippen LogP contribution in [0.25, 0.3) is 0 Å². The first-order valence-electron chi connectivity index (χ1n) is 9.59. The summed E-state index contributed by atoms with van der Waals surface area (Å²) in [5, 5.41) is 14.0. The van der Waals surface area contributed by atoms with Crippen molar-refractivity contribution in [3.05, 3.63) is 71.0 Å². The predicted octanol–water partition coefficient (Wildman–Crippen LogP) is 2.04. The number of hydrogen-bond donors (Lipinski definition) is 3. The number of carbonyl (C=O) groups is 4. The van der Waals surface area contributed by atoms with Crippen LogP contribution in [-0.4, -0.2) is 48.6 Å². The molecule has 0 aromatic heterocycles. The Morgan fingerprint density at radius 2 is 1.81 bits per heavy atom. The van der Waals surface area contributed by atoms with Crippen molar-refractivity contribution in [1.82, 2.24) is 10.6 Å². The maximum atomic E-state index is 13.9. The van der Waals surface area contributed by atoms with E-state index in [0.29, 0.717) is 0 Å². The van der Waals surface area contributed by atoms with Gasteiger partial charge < -0.3 is 25.2 Å². The summed E-state index contributed by atoms with van der Waals surface area (Å²) < 4.78 is 23.5. The van der Waals surface area contributed by atoms with E-state index >= 15 is 0 Å². The normalized spacial score (nSPS) is 11.3. The van der Waals surface area contributed by atoms with E-state index in [9.17, 15) is 23.6 Å². The molecule has 2 rings (SSSR count). The number of carbonyl (C=O) groups excluding carboxylic acids is 3. The number of Topliss-reactive ketones (excluding diaryl/α,β-unsaturated/α-hetero) is 1. The number of halogens is 1. The third-order valence-corrected chi connectivity index (χ3v) is 4.40. The molecule has 3 N–H and O–H groups in total. The summed E-state index contributed by atoms with van der Waals surface area (Å²) in [5.41, 5.74) is 0.698. The molecule has 0 spiro atoms. The average Bonchev–Trinajstić information content (AvgIpc) is 2.78. The Morgan fingerprint density at radius 1 is 1.09 bits per heavy atom. The molecule has 0 radical (unpaired) electrons. The lowest BCUT2D eigenvalue weighted by Crippen LogP contribution is -2.46. The fraction of sp³-hybridized carbons (Fsp3) is 0.273. The number of amides is 1. The van der Waals surface area contributed by atoms with Crippen molar-refractivity contribution in [1.29, 1.82) is 0 Å². The number of alkyl carbamates (subject to hydrolysis) is 1. The maximum Gasteiger partial charge on any atom is 0.408 e. The van der Waals surface area contributed by atoms with E-state index in [1.165, 1.54) is 0 Å². The molecule has 0 bridgehead atoms. The molecule has 9 nitrogen and oxygen atoms in total. The van der Waals surface area contributed by atoms with Crippen molar-refractivity contribution in [2.75, 3.05) is 13.7 Å². The molecule has 0 aliphatic carbocycles. The zero-order valence-electron chi connectivity index (χ0n) is 17.3. The quantitative estimate of drug-likeness (QED) is 0.447. The molecule has 0 fully saturated rings. The fourth-order valence-electron chi connectivity index (χ4n) is 2.69. The molecule has 0 aliphatic heterocycles. The fourth-order valence-corrected chi connectivity index (χ4v) is 2.69. The number of rotatable bonds is 11. The number of nitrogens with one attached hydrogen (secondary N) is 2. The van der Waals surface area contributed by atoms with Gasteiger partial charge in [-0.05, 0) is 23.8 Å². The molecule has 0 aliphatic rings. The van der Waals surface area contributed by atoms with Gasteiger partial charge >= 0.3 is 18.0 Å². The second-order valence-corrected chi connectivity index (χ2v) is 6.72. The predicted molar refractivity (Wildman–Crippen MR) is 110 cm³/mol. The lowest BCUT2D eigenvalue weighted by molar-refractivity contribution is -0.142. The number of carboxylic acid groups (broad SMARTS) is 1. The Hall–Kier alpha value is -3.79. The van der Waals surface area contributed by atoms with Gasteiger partial charge in [-0.25, -0.2) is 14.0 Å². The Labute approximate surface area is 183 Å². The average molecular weight is 446 g/mol. The lowest BCUT2D eigenvalue weighted by atomic mass is 10.1. The van der Waals surface area contributed by atoms with Crippen LogP contribution in [0.5, 0.6) is 0 Å². The topological polar surface area (TPSA) is 131 Å². The third kappa shape index (κ3) is 7.80. The first-order chi connectivity index (χ1) is 15.3. The zero-order chi connectivity index (χ0) is 23.5. The van der Waals surface area contributed by atoms with E-state index in [0.717, 1.165) is 30.9 Å². The molecule has 32 heavy (non-hydrogen) atoms. The summed E-state index contributed by atoms with van der Waals surface area (Å²) in [4.78, 5) is 47.3. The van der Waals surface area contributed by atoms with Crippen molar-refractivity contribution in [3.63, 3.8) is 0 Å². The van der Waals surface area contributed by atoms with Gasteiger partial charge in [0.1, 0.15) is 18.5 Å².